The van der Waals surface area contributed by atoms with Crippen molar-refractivity contribution in [2.45, 2.75) is 12.6 Å². The number of alkyl halides is 3. The van der Waals surface area contributed by atoms with Gasteiger partial charge in [0.2, 0.25) is 0 Å². The molecule has 1 rings (SSSR count). The number of rotatable bonds is 1. The summed E-state index contributed by atoms with van der Waals surface area (Å²) in [5.41, 5.74) is 0. The number of allylic oxidation sites excluding steroid dienone is 1. The number of carbonyl (C=O) groups excluding carboxylic acids is 2. The average molecular weight is 260 g/mol. The monoisotopic (exact) mass is 260 g/mol. The predicted molar refractivity (Wildman–Crippen MR) is 42.8 cm³/mol. The van der Waals surface area contributed by atoms with E-state index < -0.39 is 41.9 Å². The number of esters is 1. The van der Waals surface area contributed by atoms with E-state index in [1.165, 1.54) is 0 Å². The Labute approximate surface area is 117 Å². The molecule has 0 bridgehead atoms. The van der Waals surface area contributed by atoms with Crippen molar-refractivity contribution in [1.82, 2.24) is 0 Å². The molecule has 0 saturated heterocycles. The topological polar surface area (TPSA) is 66.4 Å². The van der Waals surface area contributed by atoms with Crippen molar-refractivity contribution in [3.63, 3.8) is 0 Å². The van der Waals surface area contributed by atoms with Crippen LogP contribution >= 0.6 is 0 Å². The molecule has 0 heterocycles. The van der Waals surface area contributed by atoms with Crippen LogP contribution in [0.4, 0.5) is 13.2 Å². The maximum atomic E-state index is 12.5. The van der Waals surface area contributed by atoms with Gasteiger partial charge in [-0.2, -0.15) is 13.2 Å². The summed E-state index contributed by atoms with van der Waals surface area (Å²) in [7, 11) is 0.888. The molecular formula is C9H8F3NaO4. The molecule has 0 spiro atoms. The Bertz CT molecular complexity index is 351. The zero-order chi connectivity index (χ0) is 12.5. The van der Waals surface area contributed by atoms with Gasteiger partial charge in [0, 0.05) is 6.42 Å². The predicted octanol–water partition coefficient (Wildman–Crippen LogP) is -2.82. The summed E-state index contributed by atoms with van der Waals surface area (Å²) in [5.74, 6) is -7.58. The molecule has 0 fully saturated rings. The number of hydrogen-bond acceptors (Lipinski definition) is 4. The van der Waals surface area contributed by atoms with Gasteiger partial charge in [-0.15, -0.1) is 5.76 Å². The third kappa shape index (κ3) is 3.72. The molecule has 0 radical (unpaired) electrons. The van der Waals surface area contributed by atoms with E-state index in [1.807, 2.05) is 0 Å². The largest absolute Gasteiger partial charge is 1.00 e. The molecule has 0 aromatic rings. The fourth-order valence-electron chi connectivity index (χ4n) is 1.55. The summed E-state index contributed by atoms with van der Waals surface area (Å²) in [5, 5.41) is 11.2. The first kappa shape index (κ1) is 16.5. The van der Waals surface area contributed by atoms with E-state index in [2.05, 4.69) is 4.74 Å². The van der Waals surface area contributed by atoms with Crippen molar-refractivity contribution in [3.05, 3.63) is 11.8 Å². The van der Waals surface area contributed by atoms with Crippen molar-refractivity contribution in [2.75, 3.05) is 7.11 Å². The van der Waals surface area contributed by atoms with Crippen molar-refractivity contribution < 1.29 is 62.2 Å². The van der Waals surface area contributed by atoms with Crippen LogP contribution in [0.5, 0.6) is 0 Å². The third-order valence-corrected chi connectivity index (χ3v) is 2.31. The maximum absolute atomic E-state index is 12.5. The zero-order valence-electron chi connectivity index (χ0n) is 9.21. The molecule has 0 saturated carbocycles. The van der Waals surface area contributed by atoms with E-state index in [-0.39, 0.29) is 29.6 Å². The van der Waals surface area contributed by atoms with E-state index in [0.717, 1.165) is 7.11 Å². The van der Waals surface area contributed by atoms with Crippen molar-refractivity contribution >= 4 is 11.8 Å². The summed E-state index contributed by atoms with van der Waals surface area (Å²) in [6.45, 7) is 0. The molecule has 2 atom stereocenters. The zero-order valence-corrected chi connectivity index (χ0v) is 11.2. The normalized spacial score (nSPS) is 24.7. The quantitative estimate of drug-likeness (QED) is 0.376. The molecule has 4 nitrogen and oxygen atoms in total. The fourth-order valence-corrected chi connectivity index (χ4v) is 1.55. The maximum Gasteiger partial charge on any atom is 1.00 e. The number of ketones is 1. The number of halogens is 3. The Morgan fingerprint density at radius 2 is 2.06 bits per heavy atom. The molecule has 90 valence electrons. The van der Waals surface area contributed by atoms with Crippen LogP contribution < -0.4 is 34.7 Å². The molecule has 0 aromatic heterocycles. The minimum atomic E-state index is -4.78. The van der Waals surface area contributed by atoms with Crippen LogP contribution in [0.1, 0.15) is 6.42 Å². The van der Waals surface area contributed by atoms with Gasteiger partial charge in [0.05, 0.1) is 18.9 Å². The van der Waals surface area contributed by atoms with Gasteiger partial charge < -0.3 is 9.84 Å². The average Bonchev–Trinajstić information content (AvgIpc) is 2.14. The number of hydrogen-bond donors (Lipinski definition) is 0. The van der Waals surface area contributed by atoms with Gasteiger partial charge in [-0.1, -0.05) is 0 Å². The van der Waals surface area contributed by atoms with E-state index in [0.29, 0.717) is 6.08 Å². The molecule has 17 heavy (non-hydrogen) atoms. The second-order valence-corrected chi connectivity index (χ2v) is 3.37. The standard InChI is InChI=1S/C9H9F3O4.Na/c1-16-8(15)7-5(9(10,11)12)2-4(13)3-6(7)14;/h3,5,7,14H,2H2,1H3;/q;+1/p-1. The Morgan fingerprint density at radius 1 is 1.53 bits per heavy atom. The molecule has 8 heteroatoms. The Kier molecular flexibility index (Phi) is 5.70. The minimum Gasteiger partial charge on any atom is -0.875 e. The number of ether oxygens (including phenoxy) is 1. The van der Waals surface area contributed by atoms with E-state index in [9.17, 15) is 27.9 Å². The Hall–Kier alpha value is -0.530. The summed E-state index contributed by atoms with van der Waals surface area (Å²) < 4.78 is 41.7. The van der Waals surface area contributed by atoms with Crippen LogP contribution in [0, 0.1) is 11.8 Å². The van der Waals surface area contributed by atoms with Crippen LogP contribution in [-0.2, 0) is 14.3 Å². The van der Waals surface area contributed by atoms with Gasteiger partial charge in [0.25, 0.3) is 0 Å². The van der Waals surface area contributed by atoms with E-state index in [1.54, 1.807) is 0 Å². The second kappa shape index (κ2) is 5.88. The summed E-state index contributed by atoms with van der Waals surface area (Å²) in [6.07, 6.45) is -5.16. The summed E-state index contributed by atoms with van der Waals surface area (Å²) in [6, 6.07) is 0. The third-order valence-electron chi connectivity index (χ3n) is 2.31. The van der Waals surface area contributed by atoms with Crippen LogP contribution in [0.2, 0.25) is 0 Å². The van der Waals surface area contributed by atoms with E-state index in [4.69, 9.17) is 0 Å². The van der Waals surface area contributed by atoms with Gasteiger partial charge in [0.1, 0.15) is 0 Å². The first-order chi connectivity index (χ1) is 7.27. The minimum absolute atomic E-state index is 0. The van der Waals surface area contributed by atoms with Crippen molar-refractivity contribution in [3.8, 4) is 0 Å². The number of carbonyl (C=O) groups is 2. The van der Waals surface area contributed by atoms with Gasteiger partial charge >= 0.3 is 41.7 Å². The SMILES string of the molecule is COC(=O)C1C([O-])=CC(=O)CC1C(F)(F)F.[Na+]. The Morgan fingerprint density at radius 3 is 2.47 bits per heavy atom. The second-order valence-electron chi connectivity index (χ2n) is 3.37. The first-order valence-electron chi connectivity index (χ1n) is 4.33. The molecule has 1 aliphatic rings. The molecule has 0 amide bonds. The number of methoxy groups -OCH3 is 1. The molecular weight excluding hydrogens is 252 g/mol. The fraction of sp³-hybridized carbons (Fsp3) is 0.556. The molecule has 1 aliphatic carbocycles. The molecule has 0 N–H and O–H groups in total. The van der Waals surface area contributed by atoms with E-state index >= 15 is 0 Å². The molecule has 2 unspecified atom stereocenters. The molecule has 0 aliphatic heterocycles. The summed E-state index contributed by atoms with van der Waals surface area (Å²) in [4.78, 5) is 21.9. The van der Waals surface area contributed by atoms with Crippen LogP contribution in [0.15, 0.2) is 11.8 Å². The van der Waals surface area contributed by atoms with Crippen molar-refractivity contribution in [1.29, 1.82) is 0 Å². The van der Waals surface area contributed by atoms with Crippen LogP contribution in [-0.4, -0.2) is 25.0 Å². The van der Waals surface area contributed by atoms with Crippen LogP contribution in [0.25, 0.3) is 0 Å². The van der Waals surface area contributed by atoms with Gasteiger partial charge in [-0.25, -0.2) is 0 Å². The smallest absolute Gasteiger partial charge is 0.875 e. The Balaban J connectivity index is 0.00000256. The van der Waals surface area contributed by atoms with Crippen molar-refractivity contribution in [2.24, 2.45) is 11.8 Å². The van der Waals surface area contributed by atoms with Gasteiger partial charge in [-0.3, -0.25) is 9.59 Å². The van der Waals surface area contributed by atoms with Gasteiger partial charge in [-0.05, 0) is 6.08 Å². The molecule has 0 aromatic carbocycles. The van der Waals surface area contributed by atoms with Gasteiger partial charge in [0.15, 0.2) is 5.78 Å². The first-order valence-corrected chi connectivity index (χ1v) is 4.33. The summed E-state index contributed by atoms with van der Waals surface area (Å²) >= 11 is 0. The van der Waals surface area contributed by atoms with Crippen LogP contribution in [0.3, 0.4) is 0 Å².